The van der Waals surface area contributed by atoms with Crippen LogP contribution in [0.25, 0.3) is 0 Å². The summed E-state index contributed by atoms with van der Waals surface area (Å²) < 4.78 is 1.78. The van der Waals surface area contributed by atoms with Gasteiger partial charge in [-0.1, -0.05) is 6.92 Å². The van der Waals surface area contributed by atoms with E-state index in [1.54, 1.807) is 15.8 Å². The number of hydrogen-bond acceptors (Lipinski definition) is 4. The summed E-state index contributed by atoms with van der Waals surface area (Å²) in [6.45, 7) is 3.14. The number of rotatable bonds is 5. The summed E-state index contributed by atoms with van der Waals surface area (Å²) in [5.41, 5.74) is 0. The minimum absolute atomic E-state index is 0.0311. The number of aryl methyl sites for hydroxylation is 1. The van der Waals surface area contributed by atoms with Crippen molar-refractivity contribution >= 4 is 5.97 Å². The van der Waals surface area contributed by atoms with Gasteiger partial charge in [0.25, 0.3) is 0 Å². The summed E-state index contributed by atoms with van der Waals surface area (Å²) >= 11 is 0. The molecule has 1 aromatic heterocycles. The van der Waals surface area contributed by atoms with Crippen molar-refractivity contribution in [1.82, 2.24) is 19.7 Å². The lowest BCUT2D eigenvalue weighted by Crippen LogP contribution is -2.30. The highest BCUT2D eigenvalue weighted by Gasteiger charge is 2.10. The second-order valence-electron chi connectivity index (χ2n) is 3.06. The van der Waals surface area contributed by atoms with E-state index in [1.807, 2.05) is 14.0 Å². The molecule has 6 heteroatoms. The normalized spacial score (nSPS) is 10.8. The number of carbonyl (C=O) groups is 1. The lowest BCUT2D eigenvalue weighted by Gasteiger charge is -2.16. The number of hydrogen-bond donors (Lipinski definition) is 1. The molecule has 0 aromatic carbocycles. The van der Waals surface area contributed by atoms with Crippen molar-refractivity contribution in [3.63, 3.8) is 0 Å². The summed E-state index contributed by atoms with van der Waals surface area (Å²) in [5.74, 6) is -0.0536. The Balaban J connectivity index is 2.57. The van der Waals surface area contributed by atoms with Crippen LogP contribution in [0.1, 0.15) is 12.7 Å². The fraction of sp³-hybridized carbons (Fsp3) is 0.625. The van der Waals surface area contributed by atoms with Gasteiger partial charge in [0.1, 0.15) is 12.2 Å². The summed E-state index contributed by atoms with van der Waals surface area (Å²) in [4.78, 5) is 12.3. The Kier molecular flexibility index (Phi) is 3.58. The summed E-state index contributed by atoms with van der Waals surface area (Å²) in [6.07, 6.45) is 1.60. The highest BCUT2D eigenvalue weighted by atomic mass is 16.4. The molecule has 0 aliphatic carbocycles. The Bertz CT molecular complexity index is 310. The molecule has 6 nitrogen and oxygen atoms in total. The van der Waals surface area contributed by atoms with E-state index in [9.17, 15) is 4.79 Å². The van der Waals surface area contributed by atoms with E-state index in [4.69, 9.17) is 5.11 Å². The topological polar surface area (TPSA) is 71.2 Å². The number of carboxylic acids is 1. The van der Waals surface area contributed by atoms with Gasteiger partial charge in [0, 0.05) is 7.05 Å². The van der Waals surface area contributed by atoms with Crippen molar-refractivity contribution in [1.29, 1.82) is 0 Å². The van der Waals surface area contributed by atoms with Crippen LogP contribution in [0.2, 0.25) is 0 Å². The third kappa shape index (κ3) is 2.81. The maximum atomic E-state index is 10.5. The zero-order valence-electron chi connectivity index (χ0n) is 8.34. The molecule has 0 radical (unpaired) electrons. The van der Waals surface area contributed by atoms with Gasteiger partial charge in [-0.05, 0) is 6.54 Å². The van der Waals surface area contributed by atoms with Crippen LogP contribution in [0, 0.1) is 0 Å². The van der Waals surface area contributed by atoms with Gasteiger partial charge in [-0.3, -0.25) is 9.69 Å². The fourth-order valence-corrected chi connectivity index (χ4v) is 1.12. The Morgan fingerprint density at radius 3 is 2.86 bits per heavy atom. The number of aliphatic carboxylic acids is 1. The average molecular weight is 198 g/mol. The predicted molar refractivity (Wildman–Crippen MR) is 49.6 cm³/mol. The van der Waals surface area contributed by atoms with Crippen molar-refractivity contribution in [3.8, 4) is 0 Å². The van der Waals surface area contributed by atoms with E-state index in [-0.39, 0.29) is 6.54 Å². The molecule has 0 saturated heterocycles. The molecule has 0 spiro atoms. The van der Waals surface area contributed by atoms with Crippen LogP contribution in [-0.2, 0) is 18.4 Å². The van der Waals surface area contributed by atoms with Gasteiger partial charge in [0.15, 0.2) is 0 Å². The lowest BCUT2D eigenvalue weighted by atomic mass is 10.4. The van der Waals surface area contributed by atoms with Gasteiger partial charge in [0.05, 0.1) is 13.1 Å². The third-order valence-electron chi connectivity index (χ3n) is 1.98. The van der Waals surface area contributed by atoms with Gasteiger partial charge in [0.2, 0.25) is 0 Å². The highest BCUT2D eigenvalue weighted by molar-refractivity contribution is 5.69. The Labute approximate surface area is 82.2 Å². The van der Waals surface area contributed by atoms with Crippen LogP contribution in [-0.4, -0.2) is 43.8 Å². The van der Waals surface area contributed by atoms with Gasteiger partial charge in [-0.15, -0.1) is 10.2 Å². The number of carboxylic acid groups (broad SMARTS) is 1. The highest BCUT2D eigenvalue weighted by Crippen LogP contribution is 1.98. The Morgan fingerprint density at radius 1 is 1.71 bits per heavy atom. The predicted octanol–water partition coefficient (Wildman–Crippen LogP) is -0.278. The molecule has 1 rings (SSSR count). The van der Waals surface area contributed by atoms with Crippen molar-refractivity contribution in [2.45, 2.75) is 13.5 Å². The summed E-state index contributed by atoms with van der Waals surface area (Å²) in [5, 5.41) is 16.2. The first kappa shape index (κ1) is 10.6. The molecule has 78 valence electrons. The van der Waals surface area contributed by atoms with Gasteiger partial charge in [-0.2, -0.15) is 0 Å². The molecule has 0 aliphatic rings. The molecule has 0 unspecified atom stereocenters. The zero-order chi connectivity index (χ0) is 10.6. The van der Waals surface area contributed by atoms with Gasteiger partial charge >= 0.3 is 5.97 Å². The first-order valence-electron chi connectivity index (χ1n) is 4.40. The molecule has 0 saturated carbocycles. The third-order valence-corrected chi connectivity index (χ3v) is 1.98. The molecule has 1 aromatic rings. The van der Waals surface area contributed by atoms with Crippen LogP contribution in [0.4, 0.5) is 0 Å². The number of likely N-dealkylation sites (N-methyl/N-ethyl adjacent to an activating group) is 1. The maximum Gasteiger partial charge on any atom is 0.317 e. The van der Waals surface area contributed by atoms with Crippen LogP contribution in [0.3, 0.4) is 0 Å². The largest absolute Gasteiger partial charge is 0.480 e. The lowest BCUT2D eigenvalue weighted by molar-refractivity contribution is -0.138. The standard InChI is InChI=1S/C8H14N4O2/c1-3-12(5-8(13)14)4-7-10-9-6-11(7)2/h6H,3-5H2,1-2H3,(H,13,14). The molecule has 1 N–H and O–H groups in total. The smallest absolute Gasteiger partial charge is 0.317 e. The van der Waals surface area contributed by atoms with E-state index in [0.29, 0.717) is 13.1 Å². The fourth-order valence-electron chi connectivity index (χ4n) is 1.12. The average Bonchev–Trinajstić information content (AvgIpc) is 2.50. The van der Waals surface area contributed by atoms with Crippen LogP contribution in [0.15, 0.2) is 6.33 Å². The van der Waals surface area contributed by atoms with Gasteiger partial charge in [-0.25, -0.2) is 0 Å². The zero-order valence-corrected chi connectivity index (χ0v) is 8.34. The second kappa shape index (κ2) is 4.71. The molecule has 0 aliphatic heterocycles. The summed E-state index contributed by atoms with van der Waals surface area (Å²) in [7, 11) is 1.84. The second-order valence-corrected chi connectivity index (χ2v) is 3.06. The van der Waals surface area contributed by atoms with Crippen molar-refractivity contribution in [2.75, 3.05) is 13.1 Å². The molecular weight excluding hydrogens is 184 g/mol. The van der Waals surface area contributed by atoms with Gasteiger partial charge < -0.3 is 9.67 Å². The molecule has 0 bridgehead atoms. The van der Waals surface area contributed by atoms with E-state index >= 15 is 0 Å². The SMILES string of the molecule is CCN(CC(=O)O)Cc1nncn1C. The van der Waals surface area contributed by atoms with E-state index in [2.05, 4.69) is 10.2 Å². The van der Waals surface area contributed by atoms with Crippen molar-refractivity contribution in [3.05, 3.63) is 12.2 Å². The molecule has 14 heavy (non-hydrogen) atoms. The monoisotopic (exact) mass is 198 g/mol. The molecule has 1 heterocycles. The quantitative estimate of drug-likeness (QED) is 0.704. The Morgan fingerprint density at radius 2 is 2.43 bits per heavy atom. The van der Waals surface area contributed by atoms with Crippen molar-refractivity contribution in [2.24, 2.45) is 7.05 Å². The Hall–Kier alpha value is -1.43. The minimum Gasteiger partial charge on any atom is -0.480 e. The first-order chi connectivity index (χ1) is 6.63. The van der Waals surface area contributed by atoms with Crippen molar-refractivity contribution < 1.29 is 9.90 Å². The first-order valence-corrected chi connectivity index (χ1v) is 4.40. The number of nitrogens with zero attached hydrogens (tertiary/aromatic N) is 4. The van der Waals surface area contributed by atoms with E-state index in [1.165, 1.54) is 0 Å². The maximum absolute atomic E-state index is 10.5. The molecule has 0 amide bonds. The summed E-state index contributed by atoms with van der Waals surface area (Å²) in [6, 6.07) is 0. The van der Waals surface area contributed by atoms with E-state index in [0.717, 1.165) is 5.82 Å². The minimum atomic E-state index is -0.825. The van der Waals surface area contributed by atoms with E-state index < -0.39 is 5.97 Å². The van der Waals surface area contributed by atoms with Crippen LogP contribution in [0.5, 0.6) is 0 Å². The molecule has 0 atom stereocenters. The molecular formula is C8H14N4O2. The van der Waals surface area contributed by atoms with Crippen LogP contribution < -0.4 is 0 Å². The number of aromatic nitrogens is 3. The molecule has 0 fully saturated rings. The van der Waals surface area contributed by atoms with Crippen LogP contribution >= 0.6 is 0 Å².